The van der Waals surface area contributed by atoms with Gasteiger partial charge in [-0.05, 0) is 32.7 Å². The predicted octanol–water partition coefficient (Wildman–Crippen LogP) is -2.17. The Morgan fingerprint density at radius 2 is 1.56 bits per heavy atom. The lowest BCUT2D eigenvalue weighted by molar-refractivity contribution is -0.138. The molecule has 0 aromatic heterocycles. The average Bonchev–Trinajstić information content (AvgIpc) is 2.59. The van der Waals surface area contributed by atoms with Gasteiger partial charge in [0.15, 0.2) is 0 Å². The first-order valence-electron chi connectivity index (χ1n) is 8.68. The Morgan fingerprint density at radius 3 is 2.11 bits per heavy atom. The van der Waals surface area contributed by atoms with E-state index < -0.39 is 35.6 Å². The summed E-state index contributed by atoms with van der Waals surface area (Å²) in [6, 6.07) is -1.23. The molecule has 0 aliphatic heterocycles. The first-order chi connectivity index (χ1) is 12.6. The van der Waals surface area contributed by atoms with Crippen LogP contribution in [-0.2, 0) is 24.0 Å². The molecule has 0 heterocycles. The second-order valence-electron chi connectivity index (χ2n) is 6.08. The van der Waals surface area contributed by atoms with Crippen molar-refractivity contribution in [2.75, 3.05) is 19.6 Å². The van der Waals surface area contributed by atoms with Crippen LogP contribution in [-0.4, -0.2) is 66.4 Å². The third-order valence-corrected chi connectivity index (χ3v) is 3.47. The van der Waals surface area contributed by atoms with Crippen LogP contribution in [0.1, 0.15) is 39.5 Å². The van der Waals surface area contributed by atoms with Crippen molar-refractivity contribution in [1.82, 2.24) is 21.3 Å². The monoisotopic (exact) mass is 387 g/mol. The van der Waals surface area contributed by atoms with Gasteiger partial charge in [0.1, 0.15) is 6.04 Å². The molecular weight excluding hydrogens is 358 g/mol. The number of hydrogen-bond donors (Lipinski definition) is 6. The molecule has 0 saturated heterocycles. The zero-order valence-electron chi connectivity index (χ0n) is 15.7. The van der Waals surface area contributed by atoms with E-state index in [1.54, 1.807) is 0 Å². The molecule has 11 nitrogen and oxygen atoms in total. The molecule has 2 atom stereocenters. The molecule has 154 valence electrons. The van der Waals surface area contributed by atoms with Crippen LogP contribution in [0.25, 0.3) is 0 Å². The van der Waals surface area contributed by atoms with E-state index in [0.29, 0.717) is 13.0 Å². The van der Waals surface area contributed by atoms with Gasteiger partial charge in [0.05, 0.1) is 13.1 Å². The quantitative estimate of drug-likeness (QED) is 0.208. The lowest BCUT2D eigenvalue weighted by Crippen LogP contribution is -2.51. The zero-order valence-corrected chi connectivity index (χ0v) is 15.7. The topological polar surface area (TPSA) is 180 Å². The Morgan fingerprint density at radius 1 is 0.963 bits per heavy atom. The van der Waals surface area contributed by atoms with Crippen LogP contribution in [0.4, 0.5) is 0 Å². The van der Waals surface area contributed by atoms with E-state index in [1.165, 1.54) is 6.92 Å². The Kier molecular flexibility index (Phi) is 12.2. The van der Waals surface area contributed by atoms with E-state index in [9.17, 15) is 24.0 Å². The molecule has 0 aliphatic rings. The average molecular weight is 387 g/mol. The van der Waals surface area contributed by atoms with Gasteiger partial charge >= 0.3 is 5.97 Å². The van der Waals surface area contributed by atoms with Gasteiger partial charge in [-0.25, -0.2) is 0 Å². The lowest BCUT2D eigenvalue weighted by atomic mass is 10.1. The van der Waals surface area contributed by atoms with Gasteiger partial charge in [-0.15, -0.1) is 0 Å². The van der Waals surface area contributed by atoms with Crippen LogP contribution >= 0.6 is 0 Å². The minimum atomic E-state index is -1.13. The number of hydrogen-bond acceptors (Lipinski definition) is 6. The second-order valence-corrected chi connectivity index (χ2v) is 6.08. The number of rotatable bonds is 13. The van der Waals surface area contributed by atoms with Crippen molar-refractivity contribution in [3.8, 4) is 0 Å². The van der Waals surface area contributed by atoms with E-state index >= 15 is 0 Å². The minimum absolute atomic E-state index is 0.0990. The highest BCUT2D eigenvalue weighted by molar-refractivity contribution is 5.92. The SMILES string of the molecule is CC(=O)NCC(=O)N[C@@H](CCC(=O)O)C(=O)NCC(=O)N[C@H](C)CCCN. The number of carboxylic acids is 1. The van der Waals surface area contributed by atoms with Crippen molar-refractivity contribution < 1.29 is 29.1 Å². The number of carbonyl (C=O) groups is 5. The van der Waals surface area contributed by atoms with Crippen LogP contribution in [0.5, 0.6) is 0 Å². The van der Waals surface area contributed by atoms with E-state index in [1.807, 2.05) is 6.92 Å². The van der Waals surface area contributed by atoms with Gasteiger partial charge in [-0.1, -0.05) is 0 Å². The molecular formula is C16H29N5O6. The molecule has 0 fully saturated rings. The number of amides is 4. The normalized spacial score (nSPS) is 12.4. The predicted molar refractivity (Wildman–Crippen MR) is 96.4 cm³/mol. The standard InChI is InChI=1S/C16H29N5O6/c1-10(4-3-7-17)20-13(23)9-19-16(27)12(5-6-15(25)26)21-14(24)8-18-11(2)22/h10,12H,3-9,17H2,1-2H3,(H,18,22)(H,19,27)(H,20,23)(H,21,24)(H,25,26)/t10-,12+/m1/s1. The van der Waals surface area contributed by atoms with Crippen LogP contribution in [0.3, 0.4) is 0 Å². The summed E-state index contributed by atoms with van der Waals surface area (Å²) in [5, 5.41) is 18.4. The van der Waals surface area contributed by atoms with E-state index in [4.69, 9.17) is 10.8 Å². The third-order valence-electron chi connectivity index (χ3n) is 3.47. The summed E-state index contributed by atoms with van der Waals surface area (Å²) in [5.41, 5.74) is 5.40. The summed E-state index contributed by atoms with van der Waals surface area (Å²) in [6.45, 7) is 2.91. The summed E-state index contributed by atoms with van der Waals surface area (Å²) in [4.78, 5) is 57.3. The highest BCUT2D eigenvalue weighted by atomic mass is 16.4. The largest absolute Gasteiger partial charge is 0.481 e. The highest BCUT2D eigenvalue weighted by Gasteiger charge is 2.22. The van der Waals surface area contributed by atoms with Crippen molar-refractivity contribution >= 4 is 29.6 Å². The number of carbonyl (C=O) groups excluding carboxylic acids is 4. The second kappa shape index (κ2) is 13.5. The van der Waals surface area contributed by atoms with Gasteiger partial charge in [-0.2, -0.15) is 0 Å². The summed E-state index contributed by atoms with van der Waals surface area (Å²) < 4.78 is 0. The maximum Gasteiger partial charge on any atom is 0.303 e. The first kappa shape index (κ1) is 24.3. The first-order valence-corrected chi connectivity index (χ1v) is 8.68. The fourth-order valence-corrected chi connectivity index (χ4v) is 2.10. The maximum absolute atomic E-state index is 12.2. The zero-order chi connectivity index (χ0) is 20.8. The molecule has 0 spiro atoms. The van der Waals surface area contributed by atoms with Crippen LogP contribution in [0.2, 0.25) is 0 Å². The molecule has 11 heteroatoms. The molecule has 4 amide bonds. The fourth-order valence-electron chi connectivity index (χ4n) is 2.10. The van der Waals surface area contributed by atoms with Crippen molar-refractivity contribution in [3.05, 3.63) is 0 Å². The van der Waals surface area contributed by atoms with Crippen molar-refractivity contribution in [3.63, 3.8) is 0 Å². The van der Waals surface area contributed by atoms with Gasteiger partial charge < -0.3 is 32.1 Å². The highest BCUT2D eigenvalue weighted by Crippen LogP contribution is 1.99. The van der Waals surface area contributed by atoms with Crippen molar-refractivity contribution in [1.29, 1.82) is 0 Å². The van der Waals surface area contributed by atoms with E-state index in [0.717, 1.165) is 6.42 Å². The minimum Gasteiger partial charge on any atom is -0.481 e. The molecule has 0 aliphatic carbocycles. The smallest absolute Gasteiger partial charge is 0.303 e. The Labute approximate surface area is 157 Å². The fraction of sp³-hybridized carbons (Fsp3) is 0.688. The van der Waals surface area contributed by atoms with E-state index in [-0.39, 0.29) is 32.0 Å². The molecule has 27 heavy (non-hydrogen) atoms. The molecule has 0 rings (SSSR count). The maximum atomic E-state index is 12.2. The molecule has 0 bridgehead atoms. The lowest BCUT2D eigenvalue weighted by Gasteiger charge is -2.18. The Bertz CT molecular complexity index is 539. The number of carboxylic acid groups (broad SMARTS) is 1. The van der Waals surface area contributed by atoms with Crippen LogP contribution in [0.15, 0.2) is 0 Å². The molecule has 0 radical (unpaired) electrons. The third kappa shape index (κ3) is 13.2. The summed E-state index contributed by atoms with van der Waals surface area (Å²) in [7, 11) is 0. The van der Waals surface area contributed by atoms with Crippen molar-refractivity contribution in [2.45, 2.75) is 51.6 Å². The molecule has 0 unspecified atom stereocenters. The van der Waals surface area contributed by atoms with Gasteiger partial charge in [0.2, 0.25) is 23.6 Å². The molecule has 7 N–H and O–H groups in total. The number of nitrogens with two attached hydrogens (primary N) is 1. The molecule has 0 saturated carbocycles. The number of aliphatic carboxylic acids is 1. The van der Waals surface area contributed by atoms with Crippen molar-refractivity contribution in [2.24, 2.45) is 5.73 Å². The Balaban J connectivity index is 4.55. The Hall–Kier alpha value is -2.69. The number of nitrogens with one attached hydrogen (secondary N) is 4. The van der Waals surface area contributed by atoms with Crippen LogP contribution < -0.4 is 27.0 Å². The van der Waals surface area contributed by atoms with Gasteiger partial charge in [-0.3, -0.25) is 24.0 Å². The van der Waals surface area contributed by atoms with Gasteiger partial charge in [0, 0.05) is 19.4 Å². The van der Waals surface area contributed by atoms with E-state index in [2.05, 4.69) is 21.3 Å². The summed E-state index contributed by atoms with van der Waals surface area (Å²) >= 11 is 0. The van der Waals surface area contributed by atoms with Crippen LogP contribution in [0, 0.1) is 0 Å². The molecule has 0 aromatic carbocycles. The summed E-state index contributed by atoms with van der Waals surface area (Å²) in [5.74, 6) is -3.28. The van der Waals surface area contributed by atoms with Gasteiger partial charge in [0.25, 0.3) is 0 Å². The summed E-state index contributed by atoms with van der Waals surface area (Å²) in [6.07, 6.45) is 0.963. The molecule has 0 aromatic rings.